The minimum atomic E-state index is -0.131. The summed E-state index contributed by atoms with van der Waals surface area (Å²) in [5.41, 5.74) is 3.01. The van der Waals surface area contributed by atoms with Crippen molar-refractivity contribution >= 4 is 11.6 Å². The lowest BCUT2D eigenvalue weighted by Crippen LogP contribution is -2.37. The number of para-hydroxylation sites is 1. The Balaban J connectivity index is 2.78. The maximum atomic E-state index is 12.2. The summed E-state index contributed by atoms with van der Waals surface area (Å²) in [4.78, 5) is 13.9. The van der Waals surface area contributed by atoms with Gasteiger partial charge in [0.25, 0.3) is 0 Å². The maximum Gasteiger partial charge on any atom is 0.238 e. The van der Waals surface area contributed by atoms with Crippen molar-refractivity contribution in [2.45, 2.75) is 26.7 Å². The molecule has 5 heteroatoms. The van der Waals surface area contributed by atoms with Gasteiger partial charge in [-0.1, -0.05) is 32.0 Å². The molecule has 0 spiro atoms. The van der Waals surface area contributed by atoms with Crippen LogP contribution >= 0.6 is 0 Å². The Labute approximate surface area is 126 Å². The zero-order valence-electron chi connectivity index (χ0n) is 13.1. The lowest BCUT2D eigenvalue weighted by molar-refractivity contribution is -0.117. The Morgan fingerprint density at radius 2 is 1.86 bits per heavy atom. The Kier molecular flexibility index (Phi) is 7.36. The van der Waals surface area contributed by atoms with Crippen LogP contribution in [0.3, 0.4) is 0 Å². The van der Waals surface area contributed by atoms with Crippen LogP contribution in [0.5, 0.6) is 0 Å². The highest BCUT2D eigenvalue weighted by Crippen LogP contribution is 2.27. The van der Waals surface area contributed by atoms with Crippen molar-refractivity contribution in [3.05, 3.63) is 29.3 Å². The smallest absolute Gasteiger partial charge is 0.238 e. The van der Waals surface area contributed by atoms with Crippen molar-refractivity contribution in [1.82, 2.24) is 4.90 Å². The standard InChI is InChI=1S/C16H26N2O3/c1-12(2)14-6-4-5-13(3)16(14)17-15(21)11-18(7-9-19)8-10-20/h4-6,12,19-20H,7-11H2,1-3H3,(H,17,21). The third-order valence-electron chi connectivity index (χ3n) is 3.39. The fourth-order valence-electron chi connectivity index (χ4n) is 2.28. The average Bonchev–Trinajstić information content (AvgIpc) is 2.41. The number of carbonyl (C=O) groups excluding carboxylic acids is 1. The van der Waals surface area contributed by atoms with Gasteiger partial charge in [-0.15, -0.1) is 0 Å². The van der Waals surface area contributed by atoms with Gasteiger partial charge in [0.1, 0.15) is 0 Å². The van der Waals surface area contributed by atoms with Gasteiger partial charge in [-0.2, -0.15) is 0 Å². The highest BCUT2D eigenvalue weighted by atomic mass is 16.3. The van der Waals surface area contributed by atoms with Crippen molar-refractivity contribution in [2.24, 2.45) is 0 Å². The van der Waals surface area contributed by atoms with E-state index in [1.165, 1.54) is 0 Å². The zero-order valence-corrected chi connectivity index (χ0v) is 13.1. The number of hydrogen-bond acceptors (Lipinski definition) is 4. The summed E-state index contributed by atoms with van der Waals surface area (Å²) in [7, 11) is 0. The first-order chi connectivity index (χ1) is 9.99. The van der Waals surface area contributed by atoms with E-state index in [0.717, 1.165) is 16.8 Å². The molecule has 0 fully saturated rings. The summed E-state index contributed by atoms with van der Waals surface area (Å²) in [6.45, 7) is 7.00. The van der Waals surface area contributed by atoms with Crippen molar-refractivity contribution < 1.29 is 15.0 Å². The molecular formula is C16H26N2O3. The van der Waals surface area contributed by atoms with E-state index in [1.54, 1.807) is 4.90 Å². The fraction of sp³-hybridized carbons (Fsp3) is 0.562. The predicted molar refractivity (Wildman–Crippen MR) is 84.5 cm³/mol. The number of rotatable bonds is 8. The predicted octanol–water partition coefficient (Wildman–Crippen LogP) is 1.34. The lowest BCUT2D eigenvalue weighted by atomic mass is 9.98. The third-order valence-corrected chi connectivity index (χ3v) is 3.39. The molecule has 1 aromatic rings. The number of benzene rings is 1. The molecule has 0 aliphatic heterocycles. The molecule has 3 N–H and O–H groups in total. The number of aryl methyl sites for hydroxylation is 1. The fourth-order valence-corrected chi connectivity index (χ4v) is 2.28. The minimum Gasteiger partial charge on any atom is -0.395 e. The van der Waals surface area contributed by atoms with Gasteiger partial charge in [0, 0.05) is 18.8 Å². The molecule has 0 aliphatic carbocycles. The number of hydrogen-bond donors (Lipinski definition) is 3. The molecule has 0 radical (unpaired) electrons. The van der Waals surface area contributed by atoms with E-state index in [4.69, 9.17) is 10.2 Å². The van der Waals surface area contributed by atoms with Crippen LogP contribution in [0.1, 0.15) is 30.9 Å². The number of aliphatic hydroxyl groups is 2. The first-order valence-electron chi connectivity index (χ1n) is 7.33. The van der Waals surface area contributed by atoms with Crippen LogP contribution in [0.4, 0.5) is 5.69 Å². The molecule has 118 valence electrons. The Hall–Kier alpha value is -1.43. The molecule has 1 amide bonds. The van der Waals surface area contributed by atoms with Gasteiger partial charge in [0.05, 0.1) is 19.8 Å². The Bertz CT molecular complexity index is 455. The molecule has 1 rings (SSSR count). The second-order valence-electron chi connectivity index (χ2n) is 5.47. The number of carbonyl (C=O) groups is 1. The highest BCUT2D eigenvalue weighted by Gasteiger charge is 2.14. The van der Waals surface area contributed by atoms with E-state index in [2.05, 4.69) is 19.2 Å². The van der Waals surface area contributed by atoms with Crippen LogP contribution in [0.2, 0.25) is 0 Å². The molecule has 21 heavy (non-hydrogen) atoms. The normalized spacial score (nSPS) is 11.2. The second kappa shape index (κ2) is 8.77. The number of nitrogens with one attached hydrogen (secondary N) is 1. The number of amides is 1. The van der Waals surface area contributed by atoms with Crippen molar-refractivity contribution in [1.29, 1.82) is 0 Å². The molecule has 0 saturated heterocycles. The van der Waals surface area contributed by atoms with Crippen LogP contribution in [-0.4, -0.2) is 53.9 Å². The molecule has 0 bridgehead atoms. The maximum absolute atomic E-state index is 12.2. The van der Waals surface area contributed by atoms with Gasteiger partial charge in [0.2, 0.25) is 5.91 Å². The molecule has 0 unspecified atom stereocenters. The van der Waals surface area contributed by atoms with E-state index in [1.807, 2.05) is 25.1 Å². The molecule has 0 aliphatic rings. The van der Waals surface area contributed by atoms with Crippen LogP contribution in [-0.2, 0) is 4.79 Å². The van der Waals surface area contributed by atoms with Gasteiger partial charge in [-0.3, -0.25) is 9.69 Å². The highest BCUT2D eigenvalue weighted by molar-refractivity contribution is 5.93. The lowest BCUT2D eigenvalue weighted by Gasteiger charge is -2.21. The Morgan fingerprint density at radius 1 is 1.24 bits per heavy atom. The van der Waals surface area contributed by atoms with Crippen molar-refractivity contribution in [2.75, 3.05) is 38.2 Å². The summed E-state index contributed by atoms with van der Waals surface area (Å²) in [5.74, 6) is 0.194. The molecule has 1 aromatic carbocycles. The van der Waals surface area contributed by atoms with E-state index in [-0.39, 0.29) is 25.7 Å². The summed E-state index contributed by atoms with van der Waals surface area (Å²) in [6.07, 6.45) is 0. The van der Waals surface area contributed by atoms with Gasteiger partial charge in [-0.05, 0) is 24.0 Å². The zero-order chi connectivity index (χ0) is 15.8. The van der Waals surface area contributed by atoms with E-state index in [9.17, 15) is 4.79 Å². The second-order valence-corrected chi connectivity index (χ2v) is 5.47. The summed E-state index contributed by atoms with van der Waals surface area (Å²) in [6, 6.07) is 5.98. The van der Waals surface area contributed by atoms with E-state index in [0.29, 0.717) is 19.0 Å². The number of anilines is 1. The molecule has 0 heterocycles. The molecule has 5 nitrogen and oxygen atoms in total. The number of aliphatic hydroxyl groups excluding tert-OH is 2. The van der Waals surface area contributed by atoms with Gasteiger partial charge >= 0.3 is 0 Å². The van der Waals surface area contributed by atoms with Crippen LogP contribution in [0, 0.1) is 6.92 Å². The van der Waals surface area contributed by atoms with E-state index >= 15 is 0 Å². The average molecular weight is 294 g/mol. The van der Waals surface area contributed by atoms with Crippen LogP contribution < -0.4 is 5.32 Å². The molecule has 0 atom stereocenters. The topological polar surface area (TPSA) is 72.8 Å². The number of nitrogens with zero attached hydrogens (tertiary/aromatic N) is 1. The SMILES string of the molecule is Cc1cccc(C(C)C)c1NC(=O)CN(CCO)CCO. The monoisotopic (exact) mass is 294 g/mol. The largest absolute Gasteiger partial charge is 0.395 e. The van der Waals surface area contributed by atoms with E-state index < -0.39 is 0 Å². The van der Waals surface area contributed by atoms with Crippen molar-refractivity contribution in [3.8, 4) is 0 Å². The van der Waals surface area contributed by atoms with Gasteiger partial charge in [0.15, 0.2) is 0 Å². The summed E-state index contributed by atoms with van der Waals surface area (Å²) in [5, 5.41) is 20.9. The minimum absolute atomic E-state index is 0.0328. The molecule has 0 saturated carbocycles. The first kappa shape index (κ1) is 17.6. The summed E-state index contributed by atoms with van der Waals surface area (Å²) < 4.78 is 0. The van der Waals surface area contributed by atoms with Gasteiger partial charge < -0.3 is 15.5 Å². The van der Waals surface area contributed by atoms with Crippen molar-refractivity contribution in [3.63, 3.8) is 0 Å². The quantitative estimate of drug-likeness (QED) is 0.676. The summed E-state index contributed by atoms with van der Waals surface area (Å²) >= 11 is 0. The van der Waals surface area contributed by atoms with Crippen LogP contribution in [0.25, 0.3) is 0 Å². The third kappa shape index (κ3) is 5.46. The van der Waals surface area contributed by atoms with Crippen LogP contribution in [0.15, 0.2) is 18.2 Å². The van der Waals surface area contributed by atoms with Gasteiger partial charge in [-0.25, -0.2) is 0 Å². The molecule has 0 aromatic heterocycles. The Morgan fingerprint density at radius 3 is 2.38 bits per heavy atom. The first-order valence-corrected chi connectivity index (χ1v) is 7.33. The molecular weight excluding hydrogens is 268 g/mol.